The maximum Gasteiger partial charge on any atom is 0.174 e. The van der Waals surface area contributed by atoms with E-state index >= 15 is 0 Å². The van der Waals surface area contributed by atoms with Crippen molar-refractivity contribution in [2.24, 2.45) is 0 Å². The number of halogens is 1. The Balaban J connectivity index is 0.00000180. The Labute approximate surface area is 151 Å². The summed E-state index contributed by atoms with van der Waals surface area (Å²) in [6, 6.07) is 3.15. The Kier molecular flexibility index (Phi) is 2.63. The number of Topliss-reactive ketones (excluding diaryl/α,β-unsaturated/α-hetero) is 1. The standard InChI is InChI=1S/C18H21NO4.ClH/c1-19-8-7-17-14-10-3-4-12(22-2)15(14)23-16(17)11(20)5-6-18(17,21)13(19)9-10;/h3-4,13,16,21H,5-9H2,1-2H3;1H/t13-,16+,17+,18-;/m1./s1/i1+1D3;. The molecule has 5 nitrogen and oxygen atoms in total. The van der Waals surface area contributed by atoms with Crippen LogP contribution < -0.4 is 9.47 Å². The SMILES string of the molecule is Cl.[2H][13C]([2H])([2H])N1CC[C@]23c4c5ccc(OC)c4O[C@H]2C(=O)CC[C@@]3(O)[C@H]1C5. The van der Waals surface area contributed by atoms with Crippen molar-refractivity contribution in [1.29, 1.82) is 0 Å². The lowest BCUT2D eigenvalue weighted by Gasteiger charge is -2.62. The fraction of sp³-hybridized carbons (Fsp3) is 0.611. The van der Waals surface area contributed by atoms with Crippen molar-refractivity contribution >= 4 is 18.2 Å². The minimum atomic E-state index is -2.29. The van der Waals surface area contributed by atoms with E-state index in [2.05, 4.69) is 0 Å². The van der Waals surface area contributed by atoms with E-state index in [0.717, 1.165) is 11.1 Å². The number of methoxy groups -OCH3 is 1. The smallest absolute Gasteiger partial charge is 0.174 e. The fourth-order valence-electron chi connectivity index (χ4n) is 5.48. The van der Waals surface area contributed by atoms with Gasteiger partial charge in [-0.1, -0.05) is 6.07 Å². The van der Waals surface area contributed by atoms with Gasteiger partial charge in [-0.3, -0.25) is 4.79 Å². The van der Waals surface area contributed by atoms with E-state index in [9.17, 15) is 9.90 Å². The van der Waals surface area contributed by atoms with Crippen LogP contribution in [0.25, 0.3) is 0 Å². The molecule has 1 aromatic rings. The van der Waals surface area contributed by atoms with Crippen LogP contribution in [0.15, 0.2) is 12.1 Å². The Hall–Kier alpha value is -1.30. The molecule has 6 heteroatoms. The van der Waals surface area contributed by atoms with Gasteiger partial charge in [-0.15, -0.1) is 12.4 Å². The zero-order valence-corrected chi connectivity index (χ0v) is 14.2. The monoisotopic (exact) mass is 355 g/mol. The number of likely N-dealkylation sites (N-methyl/N-ethyl adjacent to an activating group) is 1. The van der Waals surface area contributed by atoms with Gasteiger partial charge in [0.15, 0.2) is 23.4 Å². The number of carbonyl (C=O) groups excluding carboxylic acids is 1. The maximum atomic E-state index is 12.7. The number of ether oxygens (including phenoxy) is 2. The second kappa shape index (κ2) is 4.87. The molecule has 2 aliphatic heterocycles. The third-order valence-corrected chi connectivity index (χ3v) is 6.46. The fourth-order valence-corrected chi connectivity index (χ4v) is 5.48. The molecular weight excluding hydrogens is 331 g/mol. The van der Waals surface area contributed by atoms with Crippen LogP contribution in [0.4, 0.5) is 0 Å². The van der Waals surface area contributed by atoms with Crippen molar-refractivity contribution in [3.8, 4) is 11.5 Å². The number of hydrogen-bond acceptors (Lipinski definition) is 5. The molecule has 2 heterocycles. The summed E-state index contributed by atoms with van der Waals surface area (Å²) in [6.45, 7) is -1.99. The van der Waals surface area contributed by atoms with Gasteiger partial charge >= 0.3 is 0 Å². The third kappa shape index (κ3) is 1.52. The van der Waals surface area contributed by atoms with Gasteiger partial charge in [-0.25, -0.2) is 0 Å². The lowest BCUT2D eigenvalue weighted by Crippen LogP contribution is -2.76. The molecule has 5 rings (SSSR count). The summed E-state index contributed by atoms with van der Waals surface area (Å²) in [5.74, 6) is 1.07. The molecule has 4 aliphatic rings. The molecule has 1 spiro atoms. The molecule has 0 unspecified atom stereocenters. The predicted octanol–water partition coefficient (Wildman–Crippen LogP) is 1.47. The minimum absolute atomic E-state index is 0. The van der Waals surface area contributed by atoms with Crippen molar-refractivity contribution in [3.63, 3.8) is 0 Å². The Bertz CT molecular complexity index is 832. The zero-order chi connectivity index (χ0) is 18.5. The van der Waals surface area contributed by atoms with E-state index < -0.39 is 30.1 Å². The lowest BCUT2D eigenvalue weighted by molar-refractivity contribution is -0.185. The van der Waals surface area contributed by atoms with Crippen LogP contribution in [0.1, 0.15) is 34.5 Å². The van der Waals surface area contributed by atoms with Crippen molar-refractivity contribution in [2.75, 3.05) is 20.6 Å². The highest BCUT2D eigenvalue weighted by Gasteiger charge is 2.72. The quantitative estimate of drug-likeness (QED) is 0.773. The number of nitrogens with zero attached hydrogens (tertiary/aromatic N) is 1. The first-order valence-electron chi connectivity index (χ1n) is 9.63. The summed E-state index contributed by atoms with van der Waals surface area (Å²) < 4.78 is 35.3. The lowest BCUT2D eigenvalue weighted by atomic mass is 9.49. The molecule has 2 bridgehead atoms. The number of ketones is 1. The van der Waals surface area contributed by atoms with Crippen molar-refractivity contribution < 1.29 is 23.5 Å². The number of rotatable bonds is 1. The van der Waals surface area contributed by atoms with E-state index in [1.165, 1.54) is 4.90 Å². The first-order valence-corrected chi connectivity index (χ1v) is 8.13. The van der Waals surface area contributed by atoms with Crippen LogP contribution in [0.3, 0.4) is 0 Å². The van der Waals surface area contributed by atoms with Crippen LogP contribution in [-0.4, -0.2) is 54.2 Å². The van der Waals surface area contributed by atoms with Gasteiger partial charge in [0.05, 0.1) is 18.1 Å². The first kappa shape index (κ1) is 13.0. The van der Waals surface area contributed by atoms with Crippen LogP contribution in [0.5, 0.6) is 11.5 Å². The van der Waals surface area contributed by atoms with Gasteiger partial charge in [0, 0.05) is 22.1 Å². The molecule has 0 amide bonds. The zero-order valence-electron chi connectivity index (χ0n) is 16.4. The average molecular weight is 356 g/mol. The molecule has 1 saturated heterocycles. The second-order valence-electron chi connectivity index (χ2n) is 7.15. The van der Waals surface area contributed by atoms with E-state index in [-0.39, 0.29) is 31.0 Å². The van der Waals surface area contributed by atoms with Crippen LogP contribution in [0.2, 0.25) is 0 Å². The number of hydrogen-bond donors (Lipinski definition) is 1. The summed E-state index contributed by atoms with van der Waals surface area (Å²) >= 11 is 0. The van der Waals surface area contributed by atoms with Gasteiger partial charge in [0.1, 0.15) is 0 Å². The average Bonchev–Trinajstić information content (AvgIpc) is 2.92. The van der Waals surface area contributed by atoms with Gasteiger partial charge < -0.3 is 19.5 Å². The van der Waals surface area contributed by atoms with Crippen LogP contribution in [0, 0.1) is 0 Å². The third-order valence-electron chi connectivity index (χ3n) is 6.46. The summed E-state index contributed by atoms with van der Waals surface area (Å²) in [7, 11) is 1.55. The van der Waals surface area contributed by atoms with E-state index in [4.69, 9.17) is 13.6 Å². The van der Waals surface area contributed by atoms with E-state index in [1.807, 2.05) is 6.07 Å². The van der Waals surface area contributed by atoms with Gasteiger partial charge in [0.25, 0.3) is 0 Å². The summed E-state index contributed by atoms with van der Waals surface area (Å²) in [4.78, 5) is 14.2. The minimum Gasteiger partial charge on any atom is -0.493 e. The summed E-state index contributed by atoms with van der Waals surface area (Å²) in [5.41, 5.74) is -0.379. The Morgan fingerprint density at radius 3 is 3.04 bits per heavy atom. The molecule has 2 fully saturated rings. The molecule has 4 atom stereocenters. The summed E-state index contributed by atoms with van der Waals surface area (Å²) in [6.07, 6.45) is 0.488. The highest BCUT2D eigenvalue weighted by atomic mass is 35.5. The number of likely N-dealkylation sites (tertiary alicyclic amines) is 1. The molecule has 0 aromatic heterocycles. The summed E-state index contributed by atoms with van der Waals surface area (Å²) in [5, 5.41) is 11.9. The molecular formula is C18H22ClNO4. The van der Waals surface area contributed by atoms with Gasteiger partial charge in [0.2, 0.25) is 0 Å². The highest BCUT2D eigenvalue weighted by Crippen LogP contribution is 2.64. The predicted molar refractivity (Wildman–Crippen MR) is 90.3 cm³/mol. The Morgan fingerprint density at radius 2 is 2.29 bits per heavy atom. The highest BCUT2D eigenvalue weighted by molar-refractivity contribution is 5.90. The normalized spacial score (nSPS) is 41.2. The number of piperidine rings is 1. The van der Waals surface area contributed by atoms with Crippen molar-refractivity contribution in [3.05, 3.63) is 23.3 Å². The van der Waals surface area contributed by atoms with E-state index in [1.54, 1.807) is 13.2 Å². The van der Waals surface area contributed by atoms with Gasteiger partial charge in [-0.05, 0) is 44.4 Å². The molecule has 0 radical (unpaired) electrons. The molecule has 1 saturated carbocycles. The van der Waals surface area contributed by atoms with Crippen molar-refractivity contribution in [1.82, 2.24) is 4.90 Å². The maximum absolute atomic E-state index is 12.7. The first-order chi connectivity index (χ1) is 12.2. The largest absolute Gasteiger partial charge is 0.493 e. The molecule has 130 valence electrons. The topological polar surface area (TPSA) is 59.0 Å². The number of aliphatic hydroxyl groups is 1. The number of carbonyl (C=O) groups is 1. The number of benzene rings is 1. The molecule has 2 aliphatic carbocycles. The van der Waals surface area contributed by atoms with Crippen LogP contribution >= 0.6 is 12.4 Å². The van der Waals surface area contributed by atoms with Crippen molar-refractivity contribution in [2.45, 2.75) is 48.8 Å². The second-order valence-corrected chi connectivity index (χ2v) is 7.15. The van der Waals surface area contributed by atoms with Gasteiger partial charge in [-0.2, -0.15) is 0 Å². The molecule has 1 N–H and O–H groups in total. The van der Waals surface area contributed by atoms with Crippen LogP contribution in [-0.2, 0) is 16.6 Å². The van der Waals surface area contributed by atoms with E-state index in [0.29, 0.717) is 30.9 Å². The molecule has 1 aromatic carbocycles. The molecule has 24 heavy (non-hydrogen) atoms. The Morgan fingerprint density at radius 1 is 1.46 bits per heavy atom.